The zero-order chi connectivity index (χ0) is 13.0. The second-order valence-electron chi connectivity index (χ2n) is 4.39. The molecule has 0 saturated carbocycles. The van der Waals surface area contributed by atoms with Gasteiger partial charge in [-0.1, -0.05) is 26.0 Å². The Morgan fingerprint density at radius 3 is 2.94 bits per heavy atom. The van der Waals surface area contributed by atoms with E-state index in [1.54, 1.807) is 18.4 Å². The minimum absolute atomic E-state index is 0.481. The first-order chi connectivity index (χ1) is 8.69. The second-order valence-corrected chi connectivity index (χ2v) is 5.50. The van der Waals surface area contributed by atoms with Crippen molar-refractivity contribution in [2.24, 2.45) is 0 Å². The fraction of sp³-hybridized carbons (Fsp3) is 0.357. The number of rotatable bonds is 5. The maximum atomic E-state index is 5.23. The molecule has 1 heterocycles. The van der Waals surface area contributed by atoms with Crippen LogP contribution in [0.3, 0.4) is 0 Å². The van der Waals surface area contributed by atoms with Crippen LogP contribution >= 0.6 is 11.3 Å². The molecule has 3 nitrogen and oxygen atoms in total. The van der Waals surface area contributed by atoms with Gasteiger partial charge in [0.05, 0.1) is 12.0 Å². The highest BCUT2D eigenvalue weighted by Crippen LogP contribution is 2.28. The minimum atomic E-state index is 0.481. The molecule has 0 amide bonds. The predicted molar refractivity (Wildman–Crippen MR) is 76.1 cm³/mol. The number of thiazole rings is 1. The van der Waals surface area contributed by atoms with E-state index >= 15 is 0 Å². The van der Waals surface area contributed by atoms with E-state index in [2.05, 4.69) is 30.2 Å². The summed E-state index contributed by atoms with van der Waals surface area (Å²) in [4.78, 5) is 5.61. The SMILES string of the molecule is COc1cccc(-c2cnc(CNC(C)C)s2)c1. The molecule has 0 atom stereocenters. The summed E-state index contributed by atoms with van der Waals surface area (Å²) in [5.41, 5.74) is 1.16. The van der Waals surface area contributed by atoms with Gasteiger partial charge in [0.25, 0.3) is 0 Å². The van der Waals surface area contributed by atoms with Crippen LogP contribution in [0.15, 0.2) is 30.5 Å². The van der Waals surface area contributed by atoms with E-state index < -0.39 is 0 Å². The van der Waals surface area contributed by atoms with Gasteiger partial charge in [-0.2, -0.15) is 0 Å². The number of nitrogens with zero attached hydrogens (tertiary/aromatic N) is 1. The van der Waals surface area contributed by atoms with Crippen LogP contribution in [0.1, 0.15) is 18.9 Å². The summed E-state index contributed by atoms with van der Waals surface area (Å²) in [6.07, 6.45) is 1.93. The minimum Gasteiger partial charge on any atom is -0.497 e. The summed E-state index contributed by atoms with van der Waals surface area (Å²) in [6.45, 7) is 5.10. The molecule has 0 aliphatic heterocycles. The molecule has 1 N–H and O–H groups in total. The van der Waals surface area contributed by atoms with Gasteiger partial charge in [-0.05, 0) is 17.7 Å². The van der Waals surface area contributed by atoms with Gasteiger partial charge in [0.15, 0.2) is 0 Å². The van der Waals surface area contributed by atoms with Gasteiger partial charge in [-0.25, -0.2) is 4.98 Å². The number of hydrogen-bond acceptors (Lipinski definition) is 4. The van der Waals surface area contributed by atoms with E-state index in [0.717, 1.165) is 22.9 Å². The Bertz CT molecular complexity index is 508. The van der Waals surface area contributed by atoms with Crippen molar-refractivity contribution >= 4 is 11.3 Å². The van der Waals surface area contributed by atoms with E-state index in [1.807, 2.05) is 24.4 Å². The Morgan fingerprint density at radius 1 is 1.39 bits per heavy atom. The maximum absolute atomic E-state index is 5.23. The normalized spacial score (nSPS) is 10.9. The number of aromatic nitrogens is 1. The fourth-order valence-electron chi connectivity index (χ4n) is 1.59. The van der Waals surface area contributed by atoms with Crippen LogP contribution in [0.5, 0.6) is 5.75 Å². The van der Waals surface area contributed by atoms with E-state index in [1.165, 1.54) is 4.88 Å². The number of ether oxygens (including phenoxy) is 1. The van der Waals surface area contributed by atoms with Gasteiger partial charge in [0.1, 0.15) is 10.8 Å². The summed E-state index contributed by atoms with van der Waals surface area (Å²) >= 11 is 1.72. The zero-order valence-corrected chi connectivity index (χ0v) is 11.8. The molecule has 2 aromatic rings. The number of hydrogen-bond donors (Lipinski definition) is 1. The first kappa shape index (κ1) is 13.1. The van der Waals surface area contributed by atoms with E-state index in [0.29, 0.717) is 6.04 Å². The fourth-order valence-corrected chi connectivity index (χ4v) is 2.46. The highest BCUT2D eigenvalue weighted by molar-refractivity contribution is 7.15. The molecule has 0 saturated heterocycles. The molecule has 0 bridgehead atoms. The monoisotopic (exact) mass is 262 g/mol. The third kappa shape index (κ3) is 3.31. The van der Waals surface area contributed by atoms with Crippen molar-refractivity contribution in [3.63, 3.8) is 0 Å². The summed E-state index contributed by atoms with van der Waals surface area (Å²) in [5.74, 6) is 0.878. The molecule has 2 rings (SSSR count). The van der Waals surface area contributed by atoms with Gasteiger partial charge >= 0.3 is 0 Å². The van der Waals surface area contributed by atoms with Crippen molar-refractivity contribution in [3.8, 4) is 16.2 Å². The topological polar surface area (TPSA) is 34.1 Å². The van der Waals surface area contributed by atoms with E-state index in [-0.39, 0.29) is 0 Å². The summed E-state index contributed by atoms with van der Waals surface area (Å²) in [6, 6.07) is 8.54. The van der Waals surface area contributed by atoms with Gasteiger partial charge in [0.2, 0.25) is 0 Å². The molecular formula is C14H18N2OS. The van der Waals surface area contributed by atoms with Crippen molar-refractivity contribution in [2.75, 3.05) is 7.11 Å². The number of benzene rings is 1. The molecule has 0 spiro atoms. The van der Waals surface area contributed by atoms with Gasteiger partial charge in [0, 0.05) is 18.8 Å². The summed E-state index contributed by atoms with van der Waals surface area (Å²) < 4.78 is 5.23. The average Bonchev–Trinajstić information content (AvgIpc) is 2.85. The standard InChI is InChI=1S/C14H18N2OS/c1-10(2)15-9-14-16-8-13(18-14)11-5-4-6-12(7-11)17-3/h4-8,10,15H,9H2,1-3H3. The largest absolute Gasteiger partial charge is 0.497 e. The Hall–Kier alpha value is -1.39. The first-order valence-corrected chi connectivity index (χ1v) is 6.83. The van der Waals surface area contributed by atoms with Crippen LogP contribution in [0.2, 0.25) is 0 Å². The molecular weight excluding hydrogens is 244 g/mol. The van der Waals surface area contributed by atoms with E-state index in [4.69, 9.17) is 4.74 Å². The molecule has 0 aliphatic carbocycles. The lowest BCUT2D eigenvalue weighted by Gasteiger charge is -2.04. The third-order valence-corrected chi connectivity index (χ3v) is 3.62. The lowest BCUT2D eigenvalue weighted by molar-refractivity contribution is 0.415. The van der Waals surface area contributed by atoms with Gasteiger partial charge < -0.3 is 10.1 Å². The highest BCUT2D eigenvalue weighted by atomic mass is 32.1. The predicted octanol–water partition coefficient (Wildman–Crippen LogP) is 3.32. The Labute approximate surface area is 112 Å². The molecule has 0 aliphatic rings. The van der Waals surface area contributed by atoms with E-state index in [9.17, 15) is 0 Å². The molecule has 1 aromatic heterocycles. The summed E-state index contributed by atoms with van der Waals surface area (Å²) in [5, 5.41) is 4.48. The lowest BCUT2D eigenvalue weighted by Crippen LogP contribution is -2.21. The molecule has 4 heteroatoms. The van der Waals surface area contributed by atoms with Crippen LogP contribution in [0.25, 0.3) is 10.4 Å². The Kier molecular flexibility index (Phi) is 4.33. The van der Waals surface area contributed by atoms with Crippen molar-refractivity contribution in [2.45, 2.75) is 26.4 Å². The quantitative estimate of drug-likeness (QED) is 0.897. The second kappa shape index (κ2) is 5.98. The number of nitrogens with one attached hydrogen (secondary N) is 1. The smallest absolute Gasteiger partial charge is 0.119 e. The molecule has 96 valence electrons. The molecule has 0 radical (unpaired) electrons. The van der Waals surface area contributed by atoms with Crippen molar-refractivity contribution < 1.29 is 4.74 Å². The maximum Gasteiger partial charge on any atom is 0.119 e. The number of methoxy groups -OCH3 is 1. The zero-order valence-electron chi connectivity index (χ0n) is 10.9. The van der Waals surface area contributed by atoms with Crippen molar-refractivity contribution in [3.05, 3.63) is 35.5 Å². The molecule has 0 fully saturated rings. The van der Waals surface area contributed by atoms with Gasteiger partial charge in [-0.15, -0.1) is 11.3 Å². The van der Waals surface area contributed by atoms with Crippen molar-refractivity contribution in [1.82, 2.24) is 10.3 Å². The third-order valence-electron chi connectivity index (χ3n) is 2.57. The van der Waals surface area contributed by atoms with Crippen LogP contribution in [-0.4, -0.2) is 18.1 Å². The first-order valence-electron chi connectivity index (χ1n) is 6.01. The van der Waals surface area contributed by atoms with Gasteiger partial charge in [-0.3, -0.25) is 0 Å². The van der Waals surface area contributed by atoms with Crippen LogP contribution < -0.4 is 10.1 Å². The summed E-state index contributed by atoms with van der Waals surface area (Å²) in [7, 11) is 1.68. The average molecular weight is 262 g/mol. The lowest BCUT2D eigenvalue weighted by atomic mass is 10.2. The van der Waals surface area contributed by atoms with Crippen molar-refractivity contribution in [1.29, 1.82) is 0 Å². The van der Waals surface area contributed by atoms with Crippen LogP contribution in [0.4, 0.5) is 0 Å². The molecule has 1 aromatic carbocycles. The van der Waals surface area contributed by atoms with Crippen LogP contribution in [-0.2, 0) is 6.54 Å². The Morgan fingerprint density at radius 2 is 2.22 bits per heavy atom. The highest BCUT2D eigenvalue weighted by Gasteiger charge is 2.05. The Balaban J connectivity index is 2.13. The molecule has 0 unspecified atom stereocenters. The molecule has 18 heavy (non-hydrogen) atoms. The van der Waals surface area contributed by atoms with Crippen LogP contribution in [0, 0.1) is 0 Å².